The molecule has 2 atom stereocenters. The van der Waals surface area contributed by atoms with Crippen LogP contribution in [0.5, 0.6) is 0 Å². The van der Waals surface area contributed by atoms with Crippen LogP contribution in [0.15, 0.2) is 42.6 Å². The molecule has 2 amide bonds. The average Bonchev–Trinajstić information content (AvgIpc) is 3.52. The van der Waals surface area contributed by atoms with E-state index in [-0.39, 0.29) is 48.2 Å². The van der Waals surface area contributed by atoms with Gasteiger partial charge in [-0.2, -0.15) is 0 Å². The van der Waals surface area contributed by atoms with Crippen LogP contribution in [0.4, 0.5) is 8.78 Å². The van der Waals surface area contributed by atoms with Crippen LogP contribution < -0.4 is 5.32 Å². The van der Waals surface area contributed by atoms with E-state index in [0.29, 0.717) is 34.4 Å². The number of likely N-dealkylation sites (tertiary alicyclic amines) is 1. The van der Waals surface area contributed by atoms with E-state index in [4.69, 9.17) is 11.6 Å². The number of nitrogens with zero attached hydrogens (tertiary/aromatic N) is 2. The number of carbonyl (C=O) groups is 4. The lowest BCUT2D eigenvalue weighted by Crippen LogP contribution is -2.46. The minimum absolute atomic E-state index is 0.0234. The number of carbonyl (C=O) groups excluding carboxylic acids is 4. The van der Waals surface area contributed by atoms with Crippen LogP contribution in [-0.4, -0.2) is 51.6 Å². The lowest BCUT2D eigenvalue weighted by Gasteiger charge is -2.24. The third kappa shape index (κ3) is 5.73. The first-order chi connectivity index (χ1) is 18.6. The molecule has 0 unspecified atom stereocenters. The summed E-state index contributed by atoms with van der Waals surface area (Å²) in [4.78, 5) is 52.4. The molecule has 10 heteroatoms. The number of aromatic nitrogens is 1. The topological polar surface area (TPSA) is 88.5 Å². The van der Waals surface area contributed by atoms with Crippen molar-refractivity contribution in [1.82, 2.24) is 14.8 Å². The van der Waals surface area contributed by atoms with E-state index >= 15 is 0 Å². The maximum atomic E-state index is 14.4. The molecule has 3 aromatic rings. The lowest BCUT2D eigenvalue weighted by molar-refractivity contribution is -0.139. The predicted octanol–water partition coefficient (Wildman–Crippen LogP) is 4.87. The van der Waals surface area contributed by atoms with Crippen LogP contribution in [0, 0.1) is 11.7 Å². The van der Waals surface area contributed by atoms with E-state index in [9.17, 15) is 28.0 Å². The number of alkyl halides is 1. The molecule has 1 N–H and O–H groups in total. The molecule has 5 rings (SSSR count). The third-order valence-corrected chi connectivity index (χ3v) is 7.71. The molecule has 39 heavy (non-hydrogen) atoms. The molecule has 0 radical (unpaired) electrons. The molecule has 7 nitrogen and oxygen atoms in total. The molecule has 1 saturated heterocycles. The van der Waals surface area contributed by atoms with Gasteiger partial charge in [0.2, 0.25) is 11.8 Å². The van der Waals surface area contributed by atoms with Crippen molar-refractivity contribution in [2.24, 2.45) is 5.92 Å². The molecule has 2 fully saturated rings. The molecule has 204 valence electrons. The Balaban J connectivity index is 1.33. The van der Waals surface area contributed by atoms with Crippen LogP contribution in [0.2, 0.25) is 5.02 Å². The minimum Gasteiger partial charge on any atom is -0.350 e. The fraction of sp³-hybridized carbons (Fsp3) is 0.379. The highest BCUT2D eigenvalue weighted by Gasteiger charge is 2.40. The molecular weight excluding hydrogens is 528 g/mol. The Morgan fingerprint density at radius 2 is 1.90 bits per heavy atom. The minimum atomic E-state index is -1.39. The zero-order valence-electron chi connectivity index (χ0n) is 21.4. The van der Waals surface area contributed by atoms with Gasteiger partial charge in [-0.25, -0.2) is 8.78 Å². The number of Topliss-reactive ketones (excluding diaryl/α,β-unsaturated/α-hetero) is 2. The Hall–Kier alpha value is -3.59. The quantitative estimate of drug-likeness (QED) is 0.381. The monoisotopic (exact) mass is 555 g/mol. The Morgan fingerprint density at radius 1 is 1.13 bits per heavy atom. The van der Waals surface area contributed by atoms with Crippen LogP contribution in [-0.2, 0) is 22.7 Å². The van der Waals surface area contributed by atoms with Gasteiger partial charge in [0.05, 0.1) is 11.6 Å². The van der Waals surface area contributed by atoms with Crippen molar-refractivity contribution in [2.45, 2.75) is 57.9 Å². The zero-order valence-corrected chi connectivity index (χ0v) is 22.1. The molecule has 1 aliphatic carbocycles. The number of nitrogens with one attached hydrogen (secondary N) is 1. The number of ketones is 2. The van der Waals surface area contributed by atoms with E-state index in [1.165, 1.54) is 24.0 Å². The summed E-state index contributed by atoms with van der Waals surface area (Å²) in [7, 11) is 0. The van der Waals surface area contributed by atoms with Crippen LogP contribution in [0.1, 0.15) is 58.9 Å². The van der Waals surface area contributed by atoms with Crippen molar-refractivity contribution in [3.8, 4) is 0 Å². The number of benzene rings is 2. The highest BCUT2D eigenvalue weighted by atomic mass is 35.5. The normalized spacial score (nSPS) is 18.9. The van der Waals surface area contributed by atoms with Crippen molar-refractivity contribution in [3.05, 3.63) is 70.1 Å². The molecular formula is C29H28ClF2N3O4. The van der Waals surface area contributed by atoms with Gasteiger partial charge in [-0.3, -0.25) is 19.2 Å². The smallest absolute Gasteiger partial charge is 0.243 e. The fourth-order valence-corrected chi connectivity index (χ4v) is 5.31. The van der Waals surface area contributed by atoms with Gasteiger partial charge in [0.1, 0.15) is 24.6 Å². The number of amides is 2. The number of rotatable bonds is 9. The highest BCUT2D eigenvalue weighted by molar-refractivity contribution is 6.30. The molecule has 1 saturated carbocycles. The van der Waals surface area contributed by atoms with Gasteiger partial charge in [-0.1, -0.05) is 23.7 Å². The van der Waals surface area contributed by atoms with E-state index in [0.717, 1.165) is 12.8 Å². The Bertz CT molecular complexity index is 1480. The number of halogens is 3. The molecule has 1 aliphatic heterocycles. The second-order valence-corrected chi connectivity index (χ2v) is 10.8. The third-order valence-electron chi connectivity index (χ3n) is 7.42. The maximum Gasteiger partial charge on any atom is 0.243 e. The van der Waals surface area contributed by atoms with E-state index in [1.54, 1.807) is 35.0 Å². The molecule has 0 spiro atoms. The van der Waals surface area contributed by atoms with Gasteiger partial charge in [-0.05, 0) is 49.9 Å². The van der Waals surface area contributed by atoms with Gasteiger partial charge in [0.25, 0.3) is 0 Å². The van der Waals surface area contributed by atoms with Crippen molar-refractivity contribution >= 4 is 45.9 Å². The molecule has 2 aliphatic rings. The van der Waals surface area contributed by atoms with E-state index in [1.807, 2.05) is 0 Å². The first kappa shape index (κ1) is 27.0. The lowest BCUT2D eigenvalue weighted by atomic mass is 10.0. The van der Waals surface area contributed by atoms with Crippen LogP contribution in [0.3, 0.4) is 0 Å². The summed E-state index contributed by atoms with van der Waals surface area (Å²) >= 11 is 5.80. The van der Waals surface area contributed by atoms with E-state index in [2.05, 4.69) is 5.32 Å². The summed E-state index contributed by atoms with van der Waals surface area (Å²) in [5, 5.41) is 3.07. The van der Waals surface area contributed by atoms with Gasteiger partial charge in [0, 0.05) is 53.2 Å². The highest BCUT2D eigenvalue weighted by Crippen LogP contribution is 2.34. The average molecular weight is 556 g/mol. The summed E-state index contributed by atoms with van der Waals surface area (Å²) in [5.74, 6) is -1.50. The summed E-state index contributed by atoms with van der Waals surface area (Å²) in [6.45, 7) is 0.781. The molecule has 0 bridgehead atoms. The summed E-state index contributed by atoms with van der Waals surface area (Å²) in [6.07, 6.45) is 2.58. The van der Waals surface area contributed by atoms with Crippen molar-refractivity contribution in [3.63, 3.8) is 0 Å². The van der Waals surface area contributed by atoms with Crippen LogP contribution in [0.25, 0.3) is 10.9 Å². The SMILES string of the molecule is CC(=O)c1cn(CC(=O)N2C[C@H](F)C[C@H]2C(=O)NCc2cccc(Cl)c2F)c2ccc(C(=O)CC3CC3)cc12. The molecule has 1 aromatic heterocycles. The van der Waals surface area contributed by atoms with Gasteiger partial charge >= 0.3 is 0 Å². The Labute approximate surface area is 229 Å². The van der Waals surface area contributed by atoms with Crippen molar-refractivity contribution < 1.29 is 28.0 Å². The standard InChI is InChI=1S/C29H28ClF2N3O4/c1-16(36)22-14-34(24-8-7-18(10-21(22)24)26(37)9-17-5-6-17)15-27(38)35-13-20(31)11-25(35)29(39)33-12-19-3-2-4-23(30)28(19)32/h2-4,7-8,10,14,17,20,25H,5-6,9,11-13,15H2,1H3,(H,33,39)/t20-,25+/m1/s1. The molecule has 2 heterocycles. The first-order valence-electron chi connectivity index (χ1n) is 12.9. The number of hydrogen-bond donors (Lipinski definition) is 1. The fourth-order valence-electron chi connectivity index (χ4n) is 5.11. The van der Waals surface area contributed by atoms with Gasteiger partial charge in [0.15, 0.2) is 11.6 Å². The summed E-state index contributed by atoms with van der Waals surface area (Å²) in [6, 6.07) is 8.45. The second kappa shape index (κ2) is 10.9. The van der Waals surface area contributed by atoms with Gasteiger partial charge in [-0.15, -0.1) is 0 Å². The van der Waals surface area contributed by atoms with Crippen molar-refractivity contribution in [2.75, 3.05) is 6.54 Å². The number of hydrogen-bond acceptors (Lipinski definition) is 4. The first-order valence-corrected chi connectivity index (χ1v) is 13.3. The maximum absolute atomic E-state index is 14.4. The zero-order chi connectivity index (χ0) is 27.8. The number of fused-ring (bicyclic) bond motifs is 1. The van der Waals surface area contributed by atoms with Crippen LogP contribution >= 0.6 is 11.6 Å². The Morgan fingerprint density at radius 3 is 2.62 bits per heavy atom. The second-order valence-electron chi connectivity index (χ2n) is 10.4. The summed E-state index contributed by atoms with van der Waals surface area (Å²) in [5.41, 5.74) is 1.66. The summed E-state index contributed by atoms with van der Waals surface area (Å²) < 4.78 is 30.2. The molecule has 2 aromatic carbocycles. The van der Waals surface area contributed by atoms with Crippen molar-refractivity contribution in [1.29, 1.82) is 0 Å². The Kier molecular flexibility index (Phi) is 7.53. The van der Waals surface area contributed by atoms with Gasteiger partial charge < -0.3 is 14.8 Å². The largest absolute Gasteiger partial charge is 0.350 e. The van der Waals surface area contributed by atoms with E-state index < -0.39 is 29.8 Å². The predicted molar refractivity (Wildman–Crippen MR) is 142 cm³/mol.